The summed E-state index contributed by atoms with van der Waals surface area (Å²) in [4.78, 5) is 12.7. The quantitative estimate of drug-likeness (QED) is 0.885. The zero-order chi connectivity index (χ0) is 17.9. The Labute approximate surface area is 146 Å². The van der Waals surface area contributed by atoms with Gasteiger partial charge in [-0.3, -0.25) is 4.79 Å². The molecule has 6 nitrogen and oxygen atoms in total. The average molecular weight is 361 g/mol. The van der Waals surface area contributed by atoms with Crippen molar-refractivity contribution in [3.63, 3.8) is 0 Å². The van der Waals surface area contributed by atoms with Gasteiger partial charge < -0.3 is 14.8 Å². The van der Waals surface area contributed by atoms with Crippen LogP contribution in [0.25, 0.3) is 0 Å². The van der Waals surface area contributed by atoms with Gasteiger partial charge in [-0.1, -0.05) is 19.1 Å². The van der Waals surface area contributed by atoms with Crippen LogP contribution in [0.5, 0.6) is 11.5 Å². The smallest absolute Gasteiger partial charge is 0.256 e. The van der Waals surface area contributed by atoms with Crippen molar-refractivity contribution in [1.82, 2.24) is 0 Å². The number of ether oxygens (including phenoxy) is 2. The molecule has 0 aliphatic carbocycles. The van der Waals surface area contributed by atoms with Crippen LogP contribution in [-0.4, -0.2) is 33.3 Å². The van der Waals surface area contributed by atoms with Crippen LogP contribution in [0.1, 0.15) is 23.7 Å². The van der Waals surface area contributed by atoms with Gasteiger partial charge in [0.2, 0.25) is 0 Å². The lowest BCUT2D eigenvalue weighted by Crippen LogP contribution is -2.18. The number of hydrogen-bond donors (Lipinski definition) is 1. The van der Waals surface area contributed by atoms with Crippen molar-refractivity contribution in [3.05, 3.63) is 48.0 Å². The minimum Gasteiger partial charge on any atom is -0.486 e. The second-order valence-electron chi connectivity index (χ2n) is 5.63. The molecule has 1 amide bonds. The lowest BCUT2D eigenvalue weighted by Gasteiger charge is -2.19. The Balaban J connectivity index is 1.87. The largest absolute Gasteiger partial charge is 0.486 e. The Kier molecular flexibility index (Phi) is 4.94. The van der Waals surface area contributed by atoms with Gasteiger partial charge in [0, 0.05) is 11.8 Å². The summed E-state index contributed by atoms with van der Waals surface area (Å²) in [6.45, 7) is 2.72. The van der Waals surface area contributed by atoms with E-state index >= 15 is 0 Å². The molecule has 0 saturated heterocycles. The fourth-order valence-corrected chi connectivity index (χ4v) is 4.16. The molecule has 0 fully saturated rings. The Hall–Kier alpha value is -2.54. The topological polar surface area (TPSA) is 81.7 Å². The van der Waals surface area contributed by atoms with E-state index in [1.165, 1.54) is 12.1 Å². The van der Waals surface area contributed by atoms with Crippen LogP contribution in [-0.2, 0) is 9.84 Å². The van der Waals surface area contributed by atoms with Crippen molar-refractivity contribution >= 4 is 21.4 Å². The molecule has 1 N–H and O–H groups in total. The highest BCUT2D eigenvalue weighted by Crippen LogP contribution is 2.32. The van der Waals surface area contributed by atoms with Gasteiger partial charge in [0.05, 0.1) is 16.2 Å². The van der Waals surface area contributed by atoms with Crippen LogP contribution in [0.15, 0.2) is 47.4 Å². The SMILES string of the molecule is CCCS(=O)(=O)c1ccccc1C(=O)Nc1ccc2c(c1)OCCO2. The van der Waals surface area contributed by atoms with Crippen molar-refractivity contribution < 1.29 is 22.7 Å². The van der Waals surface area contributed by atoms with Crippen molar-refractivity contribution in [2.45, 2.75) is 18.2 Å². The fraction of sp³-hybridized carbons (Fsp3) is 0.278. The zero-order valence-electron chi connectivity index (χ0n) is 13.8. The first-order valence-corrected chi connectivity index (χ1v) is 9.69. The van der Waals surface area contributed by atoms with Gasteiger partial charge in [-0.25, -0.2) is 8.42 Å². The van der Waals surface area contributed by atoms with E-state index in [-0.39, 0.29) is 16.2 Å². The minimum atomic E-state index is -3.50. The van der Waals surface area contributed by atoms with E-state index in [0.717, 1.165) is 0 Å². The number of benzene rings is 2. The molecule has 2 aromatic rings. The second-order valence-corrected chi connectivity index (χ2v) is 7.71. The number of carbonyl (C=O) groups is 1. The summed E-state index contributed by atoms with van der Waals surface area (Å²) >= 11 is 0. The van der Waals surface area contributed by atoms with Gasteiger partial charge in [0.1, 0.15) is 13.2 Å². The highest BCUT2D eigenvalue weighted by Gasteiger charge is 2.22. The van der Waals surface area contributed by atoms with Gasteiger partial charge >= 0.3 is 0 Å². The van der Waals surface area contributed by atoms with Crippen LogP contribution in [0.2, 0.25) is 0 Å². The first kappa shape index (κ1) is 17.3. The van der Waals surface area contributed by atoms with Gasteiger partial charge in [-0.15, -0.1) is 0 Å². The third-order valence-corrected chi connectivity index (χ3v) is 5.71. The molecular formula is C18H19NO5S. The summed E-state index contributed by atoms with van der Waals surface area (Å²) in [5.74, 6) is 0.694. The van der Waals surface area contributed by atoms with Crippen LogP contribution in [0.4, 0.5) is 5.69 Å². The maximum absolute atomic E-state index is 12.6. The van der Waals surface area contributed by atoms with E-state index in [1.807, 2.05) is 0 Å². The van der Waals surface area contributed by atoms with E-state index in [2.05, 4.69) is 5.32 Å². The molecule has 132 valence electrons. The molecule has 7 heteroatoms. The summed E-state index contributed by atoms with van der Waals surface area (Å²) in [6, 6.07) is 11.3. The summed E-state index contributed by atoms with van der Waals surface area (Å²) < 4.78 is 35.7. The van der Waals surface area contributed by atoms with Crippen LogP contribution in [0.3, 0.4) is 0 Å². The summed E-state index contributed by atoms with van der Waals surface area (Å²) in [5, 5.41) is 2.72. The number of fused-ring (bicyclic) bond motifs is 1. The number of anilines is 1. The lowest BCUT2D eigenvalue weighted by atomic mass is 10.2. The maximum atomic E-state index is 12.6. The van der Waals surface area contributed by atoms with Crippen molar-refractivity contribution in [1.29, 1.82) is 0 Å². The van der Waals surface area contributed by atoms with E-state index in [9.17, 15) is 13.2 Å². The molecular weight excluding hydrogens is 342 g/mol. The first-order chi connectivity index (χ1) is 12.0. The van der Waals surface area contributed by atoms with Crippen LogP contribution >= 0.6 is 0 Å². The summed E-state index contributed by atoms with van der Waals surface area (Å²) in [6.07, 6.45) is 0.487. The van der Waals surface area contributed by atoms with E-state index in [4.69, 9.17) is 9.47 Å². The third-order valence-electron chi connectivity index (χ3n) is 3.74. The molecule has 1 aliphatic rings. The molecule has 0 atom stereocenters. The number of nitrogens with one attached hydrogen (secondary N) is 1. The molecule has 0 aromatic heterocycles. The second kappa shape index (κ2) is 7.14. The van der Waals surface area contributed by atoms with Crippen LogP contribution in [0, 0.1) is 0 Å². The highest BCUT2D eigenvalue weighted by molar-refractivity contribution is 7.91. The molecule has 2 aromatic carbocycles. The zero-order valence-corrected chi connectivity index (χ0v) is 14.6. The predicted octanol–water partition coefficient (Wildman–Crippen LogP) is 2.89. The fourth-order valence-electron chi connectivity index (χ4n) is 2.62. The van der Waals surface area contributed by atoms with Crippen LogP contribution < -0.4 is 14.8 Å². The minimum absolute atomic E-state index is 0.00131. The molecule has 1 aliphatic heterocycles. The lowest BCUT2D eigenvalue weighted by molar-refractivity contribution is 0.102. The van der Waals surface area contributed by atoms with E-state index < -0.39 is 15.7 Å². The third kappa shape index (κ3) is 3.76. The van der Waals surface area contributed by atoms with Crippen molar-refractivity contribution in [2.75, 3.05) is 24.3 Å². The van der Waals surface area contributed by atoms with Gasteiger partial charge in [-0.2, -0.15) is 0 Å². The number of amides is 1. The number of sulfone groups is 1. The van der Waals surface area contributed by atoms with Gasteiger partial charge in [-0.05, 0) is 30.7 Å². The Morgan fingerprint density at radius 1 is 1.08 bits per heavy atom. The molecule has 3 rings (SSSR count). The Bertz CT molecular complexity index is 892. The summed E-state index contributed by atoms with van der Waals surface area (Å²) in [5.41, 5.74) is 0.641. The molecule has 1 heterocycles. The first-order valence-electron chi connectivity index (χ1n) is 8.04. The van der Waals surface area contributed by atoms with Gasteiger partial charge in [0.15, 0.2) is 21.3 Å². The van der Waals surface area contributed by atoms with Crippen molar-refractivity contribution in [3.8, 4) is 11.5 Å². The molecule has 0 spiro atoms. The summed E-state index contributed by atoms with van der Waals surface area (Å²) in [7, 11) is -3.50. The van der Waals surface area contributed by atoms with E-state index in [1.54, 1.807) is 37.3 Å². The maximum Gasteiger partial charge on any atom is 0.256 e. The van der Waals surface area contributed by atoms with Gasteiger partial charge in [0.25, 0.3) is 5.91 Å². The molecule has 0 saturated carbocycles. The molecule has 25 heavy (non-hydrogen) atoms. The number of rotatable bonds is 5. The Morgan fingerprint density at radius 3 is 2.56 bits per heavy atom. The number of carbonyl (C=O) groups excluding carboxylic acids is 1. The monoisotopic (exact) mass is 361 g/mol. The highest BCUT2D eigenvalue weighted by atomic mass is 32.2. The standard InChI is InChI=1S/C18H19NO5S/c1-2-11-25(21,22)17-6-4-3-5-14(17)18(20)19-13-7-8-15-16(12-13)24-10-9-23-15/h3-8,12H,2,9-11H2,1H3,(H,19,20). The van der Waals surface area contributed by atoms with Crippen molar-refractivity contribution in [2.24, 2.45) is 0 Å². The Morgan fingerprint density at radius 2 is 1.80 bits per heavy atom. The molecule has 0 radical (unpaired) electrons. The predicted molar refractivity (Wildman–Crippen MR) is 94.2 cm³/mol. The van der Waals surface area contributed by atoms with E-state index in [0.29, 0.717) is 36.8 Å². The molecule has 0 bridgehead atoms. The number of hydrogen-bond acceptors (Lipinski definition) is 5. The molecule has 0 unspecified atom stereocenters. The normalized spacial score (nSPS) is 13.3. The average Bonchev–Trinajstić information content (AvgIpc) is 2.61.